The average molecular weight is 1010 g/mol. The molecule has 14 nitrogen and oxygen atoms in total. The van der Waals surface area contributed by atoms with Gasteiger partial charge in [-0.15, -0.1) is 0 Å². The number of benzene rings is 6. The van der Waals surface area contributed by atoms with Crippen LogP contribution in [0.3, 0.4) is 0 Å². The summed E-state index contributed by atoms with van der Waals surface area (Å²) in [6.45, 7) is 5.23. The van der Waals surface area contributed by atoms with Crippen LogP contribution < -0.4 is 0 Å². The Kier molecular flexibility index (Phi) is 15.3. The number of nitrogens with zero attached hydrogens (tertiary/aromatic N) is 1. The molecule has 6 aromatic carbocycles. The molecule has 3 fully saturated rings. The molecular weight excluding hydrogens is 951 g/mol. The number of esters is 2. The summed E-state index contributed by atoms with van der Waals surface area (Å²) in [5, 5.41) is 0. The lowest BCUT2D eigenvalue weighted by Crippen LogP contribution is -2.71. The number of fused-ring (bicyclic) bond motifs is 2. The molecule has 0 unspecified atom stereocenters. The number of aryl methyl sites for hydroxylation is 1. The maximum Gasteiger partial charge on any atom is 0.338 e. The van der Waals surface area contributed by atoms with Crippen molar-refractivity contribution in [3.05, 3.63) is 209 Å². The maximum atomic E-state index is 14.8. The molecule has 15 heteroatoms. The fourth-order valence-electron chi connectivity index (χ4n) is 9.47. The van der Waals surface area contributed by atoms with Crippen molar-refractivity contribution in [2.24, 2.45) is 0 Å². The summed E-state index contributed by atoms with van der Waals surface area (Å²) in [7, 11) is 0. The first-order valence-corrected chi connectivity index (χ1v) is 25.2. The summed E-state index contributed by atoms with van der Waals surface area (Å²) in [5.41, 5.74) is 2.73. The molecule has 0 N–H and O–H groups in total. The van der Waals surface area contributed by atoms with Crippen LogP contribution in [-0.4, -0.2) is 108 Å². The highest BCUT2D eigenvalue weighted by atomic mass is 32.2. The normalized spacial score (nSPS) is 26.4. The SMILES string of the molecule is Cc1ccc(S[C@@H]2O[C@@H]3COC(C)(C)O[C@H]3[C@H](O[C@H]3O[C@H](COC(=O)c4ccccc4)[C@H](OC(=O)c4ccccc4)[C@H](OCc4ccccc4)[C@H]3OCc3ccccc3)[C@H]2N2C(=O)c3ccccc3C2=O)cc1. The lowest BCUT2D eigenvalue weighted by molar-refractivity contribution is -0.379. The number of amides is 2. The highest BCUT2D eigenvalue weighted by molar-refractivity contribution is 7.99. The summed E-state index contributed by atoms with van der Waals surface area (Å²) < 4.78 is 60.6. The Morgan fingerprint density at radius 1 is 0.630 bits per heavy atom. The molecule has 0 spiro atoms. The second kappa shape index (κ2) is 22.3. The minimum Gasteiger partial charge on any atom is -0.459 e. The van der Waals surface area contributed by atoms with E-state index in [1.165, 1.54) is 16.7 Å². The number of carbonyl (C=O) groups excluding carboxylic acids is 4. The summed E-state index contributed by atoms with van der Waals surface area (Å²) in [4.78, 5) is 59.6. The second-order valence-electron chi connectivity index (χ2n) is 18.7. The highest BCUT2D eigenvalue weighted by Gasteiger charge is 2.60. The molecule has 2 amide bonds. The molecule has 0 aromatic heterocycles. The lowest BCUT2D eigenvalue weighted by Gasteiger charge is -2.54. The van der Waals surface area contributed by atoms with Crippen LogP contribution in [0.15, 0.2) is 175 Å². The Morgan fingerprint density at radius 3 is 1.75 bits per heavy atom. The van der Waals surface area contributed by atoms with Crippen molar-refractivity contribution in [1.82, 2.24) is 4.90 Å². The van der Waals surface area contributed by atoms with Crippen molar-refractivity contribution in [2.75, 3.05) is 13.2 Å². The van der Waals surface area contributed by atoms with Crippen molar-refractivity contribution >= 4 is 35.5 Å². The molecule has 4 heterocycles. The number of carbonyl (C=O) groups is 4. The van der Waals surface area contributed by atoms with Crippen LogP contribution in [-0.2, 0) is 55.8 Å². The zero-order valence-corrected chi connectivity index (χ0v) is 41.2. The second-order valence-corrected chi connectivity index (χ2v) is 19.8. The molecule has 0 bridgehead atoms. The zero-order chi connectivity index (χ0) is 50.5. The fraction of sp³-hybridized carbons (Fsp3) is 0.310. The van der Waals surface area contributed by atoms with E-state index in [0.717, 1.165) is 21.6 Å². The average Bonchev–Trinajstić information content (AvgIpc) is 3.66. The quantitative estimate of drug-likeness (QED) is 0.0669. The van der Waals surface area contributed by atoms with Crippen molar-refractivity contribution in [3.8, 4) is 0 Å². The summed E-state index contributed by atoms with van der Waals surface area (Å²) in [6, 6.07) is 49.3. The lowest BCUT2D eigenvalue weighted by atomic mass is 9.93. The highest BCUT2D eigenvalue weighted by Crippen LogP contribution is 2.45. The third-order valence-corrected chi connectivity index (χ3v) is 14.3. The van der Waals surface area contributed by atoms with Crippen LogP contribution in [0.25, 0.3) is 0 Å². The Bertz CT molecular complexity index is 2820. The first kappa shape index (κ1) is 50.0. The molecular formula is C58H55NO13S. The number of rotatable bonds is 16. The van der Waals surface area contributed by atoms with Crippen LogP contribution in [0.4, 0.5) is 0 Å². The van der Waals surface area contributed by atoms with Crippen LogP contribution in [0.2, 0.25) is 0 Å². The number of ether oxygens (including phenoxy) is 9. The third kappa shape index (κ3) is 11.3. The van der Waals surface area contributed by atoms with Gasteiger partial charge in [-0.1, -0.05) is 139 Å². The van der Waals surface area contributed by atoms with Gasteiger partial charge in [0.2, 0.25) is 0 Å². The Morgan fingerprint density at radius 2 is 1.16 bits per heavy atom. The van der Waals surface area contributed by atoms with Gasteiger partial charge in [-0.25, -0.2) is 9.59 Å². The third-order valence-electron chi connectivity index (χ3n) is 13.1. The van der Waals surface area contributed by atoms with Crippen molar-refractivity contribution in [3.63, 3.8) is 0 Å². The minimum absolute atomic E-state index is 0.0257. The van der Waals surface area contributed by atoms with E-state index < -0.39 is 96.6 Å². The smallest absolute Gasteiger partial charge is 0.338 e. The van der Waals surface area contributed by atoms with Crippen molar-refractivity contribution in [2.45, 2.75) is 105 Å². The molecule has 4 aliphatic heterocycles. The van der Waals surface area contributed by atoms with Gasteiger partial charge in [0.15, 0.2) is 18.2 Å². The molecule has 73 heavy (non-hydrogen) atoms. The summed E-state index contributed by atoms with van der Waals surface area (Å²) in [5.74, 6) is -3.57. The van der Waals surface area contributed by atoms with E-state index in [2.05, 4.69) is 0 Å². The van der Waals surface area contributed by atoms with Gasteiger partial charge in [-0.3, -0.25) is 14.5 Å². The minimum atomic E-state index is -1.45. The molecule has 3 saturated heterocycles. The molecule has 6 aromatic rings. The van der Waals surface area contributed by atoms with Crippen LogP contribution >= 0.6 is 11.8 Å². The predicted molar refractivity (Wildman–Crippen MR) is 267 cm³/mol. The molecule has 4 aliphatic rings. The molecule has 10 rings (SSSR count). The van der Waals surface area contributed by atoms with Crippen molar-refractivity contribution < 1.29 is 61.8 Å². The van der Waals surface area contributed by atoms with E-state index in [1.54, 1.807) is 98.8 Å². The van der Waals surface area contributed by atoms with Gasteiger partial charge >= 0.3 is 11.9 Å². The standard InChI is InChI=1S/C58H55NO13S/c1-36-28-30-41(31-29-36)73-57-46(59-52(60)42-26-16-17-27-43(42)53(59)61)49(48-45(69-57)35-67-58(2,3)72-48)71-56-51(65-33-38-20-10-5-11-21-38)50(64-32-37-18-8-4-9-19-37)47(70-55(63)40-24-14-7-15-25-40)44(68-56)34-66-54(62)39-22-12-6-13-23-39/h4-31,44-51,56-57H,32-35H2,1-3H3/t44-,45-,46-,47+,48-,49-,50+,51-,56-,57+/m1/s1. The number of hydrogen-bond acceptors (Lipinski definition) is 14. The number of thioether (sulfide) groups is 1. The Labute approximate surface area is 427 Å². The van der Waals surface area contributed by atoms with Gasteiger partial charge < -0.3 is 42.6 Å². The number of hydrogen-bond donors (Lipinski definition) is 0. The largest absolute Gasteiger partial charge is 0.459 e. The Balaban J connectivity index is 1.10. The van der Waals surface area contributed by atoms with E-state index in [1.807, 2.05) is 91.9 Å². The first-order chi connectivity index (χ1) is 35.5. The predicted octanol–water partition coefficient (Wildman–Crippen LogP) is 8.99. The zero-order valence-electron chi connectivity index (χ0n) is 40.4. The molecule has 376 valence electrons. The summed E-state index contributed by atoms with van der Waals surface area (Å²) >= 11 is 1.33. The van der Waals surface area contributed by atoms with E-state index in [4.69, 9.17) is 42.6 Å². The van der Waals surface area contributed by atoms with Gasteiger partial charge in [-0.2, -0.15) is 0 Å². The van der Waals surface area contributed by atoms with Crippen LogP contribution in [0, 0.1) is 6.92 Å². The van der Waals surface area contributed by atoms with E-state index in [0.29, 0.717) is 5.56 Å². The van der Waals surface area contributed by atoms with Gasteiger partial charge in [0, 0.05) is 4.90 Å². The maximum absolute atomic E-state index is 14.8. The topological polar surface area (TPSA) is 155 Å². The number of imide groups is 1. The van der Waals surface area contributed by atoms with E-state index in [-0.39, 0.29) is 36.5 Å². The molecule has 0 radical (unpaired) electrons. The van der Waals surface area contributed by atoms with Gasteiger partial charge in [0.25, 0.3) is 11.8 Å². The van der Waals surface area contributed by atoms with Crippen LogP contribution in [0.5, 0.6) is 0 Å². The fourth-order valence-corrected chi connectivity index (χ4v) is 10.6. The first-order valence-electron chi connectivity index (χ1n) is 24.3. The molecule has 10 atom stereocenters. The van der Waals surface area contributed by atoms with Gasteiger partial charge in [0.05, 0.1) is 42.1 Å². The summed E-state index contributed by atoms with van der Waals surface area (Å²) in [6.07, 6.45) is -9.31. The van der Waals surface area contributed by atoms with Crippen molar-refractivity contribution in [1.29, 1.82) is 0 Å². The van der Waals surface area contributed by atoms with E-state index >= 15 is 0 Å². The monoisotopic (exact) mass is 1010 g/mol. The van der Waals surface area contributed by atoms with E-state index in [9.17, 15) is 19.2 Å². The van der Waals surface area contributed by atoms with Gasteiger partial charge in [-0.05, 0) is 80.4 Å². The van der Waals surface area contributed by atoms with Gasteiger partial charge in [0.1, 0.15) is 54.7 Å². The Hall–Kier alpha value is -6.53. The molecule has 0 aliphatic carbocycles. The van der Waals surface area contributed by atoms with Crippen LogP contribution in [0.1, 0.15) is 72.0 Å². The molecule has 0 saturated carbocycles.